The predicted molar refractivity (Wildman–Crippen MR) is 177 cm³/mol. The summed E-state index contributed by atoms with van der Waals surface area (Å²) >= 11 is 0. The molecule has 0 radical (unpaired) electrons. The van der Waals surface area contributed by atoms with Crippen molar-refractivity contribution in [2.24, 2.45) is 0 Å². The van der Waals surface area contributed by atoms with Gasteiger partial charge in [-0.3, -0.25) is 4.79 Å². The summed E-state index contributed by atoms with van der Waals surface area (Å²) in [4.78, 5) is 12.7. The minimum absolute atomic E-state index is 0.230. The molecule has 0 aromatic heterocycles. The Morgan fingerprint density at radius 1 is 0.896 bits per heavy atom. The quantitative estimate of drug-likeness (QED) is 0.0830. The van der Waals surface area contributed by atoms with Crippen molar-refractivity contribution >= 4 is 5.91 Å². The number of halogens is 1. The molecule has 11 nitrogen and oxygen atoms in total. The highest BCUT2D eigenvalue weighted by molar-refractivity contribution is 5.76. The fourth-order valence-electron chi connectivity index (χ4n) is 5.48. The van der Waals surface area contributed by atoms with Crippen LogP contribution in [0.1, 0.15) is 83.1 Å². The predicted octanol–water partition coefficient (Wildman–Crippen LogP) is 5.10. The zero-order valence-corrected chi connectivity index (χ0v) is 27.7. The molecule has 0 saturated heterocycles. The van der Waals surface area contributed by atoms with Gasteiger partial charge < -0.3 is 50.2 Å². The minimum atomic E-state index is -1.74. The largest absolute Gasteiger partial charge is 0.506 e. The van der Waals surface area contributed by atoms with E-state index in [-0.39, 0.29) is 24.8 Å². The Hall–Kier alpha value is -3.26. The van der Waals surface area contributed by atoms with Crippen LogP contribution in [0.2, 0.25) is 0 Å². The van der Waals surface area contributed by atoms with Crippen molar-refractivity contribution in [1.82, 2.24) is 5.32 Å². The molecule has 1 aliphatic rings. The zero-order valence-electron chi connectivity index (χ0n) is 27.7. The van der Waals surface area contributed by atoms with Crippen molar-refractivity contribution in [1.29, 1.82) is 0 Å². The number of carbonyl (C=O) groups excluding carboxylic acids is 1. The number of aliphatic hydroxyl groups excluding tert-OH is 6. The van der Waals surface area contributed by atoms with Crippen LogP contribution in [0.5, 0.6) is 11.5 Å². The van der Waals surface area contributed by atoms with Crippen molar-refractivity contribution in [2.75, 3.05) is 13.2 Å². The van der Waals surface area contributed by atoms with Crippen LogP contribution < -0.4 is 10.1 Å². The van der Waals surface area contributed by atoms with Gasteiger partial charge in [-0.05, 0) is 67.6 Å². The second-order valence-electron chi connectivity index (χ2n) is 12.3. The number of nitrogens with one attached hydrogen (secondary N) is 1. The van der Waals surface area contributed by atoms with Gasteiger partial charge in [-0.2, -0.15) is 0 Å². The second-order valence-corrected chi connectivity index (χ2v) is 12.3. The van der Waals surface area contributed by atoms with E-state index in [4.69, 9.17) is 14.2 Å². The molecule has 0 bridgehead atoms. The van der Waals surface area contributed by atoms with Gasteiger partial charge >= 0.3 is 0 Å². The molecule has 0 aliphatic carbocycles. The Morgan fingerprint density at radius 3 is 2.08 bits per heavy atom. The lowest BCUT2D eigenvalue weighted by Crippen LogP contribution is -2.53. The molecule has 1 aliphatic heterocycles. The number of benzene rings is 2. The summed E-state index contributed by atoms with van der Waals surface area (Å²) in [5.74, 6) is -0.811. The lowest BCUT2D eigenvalue weighted by atomic mass is 10.0. The van der Waals surface area contributed by atoms with Crippen LogP contribution in [-0.4, -0.2) is 86.5 Å². The third-order valence-corrected chi connectivity index (χ3v) is 8.34. The van der Waals surface area contributed by atoms with E-state index >= 15 is 0 Å². The number of hydrogen-bond donors (Lipinski definition) is 7. The van der Waals surface area contributed by atoms with E-state index in [1.54, 1.807) is 12.1 Å². The summed E-state index contributed by atoms with van der Waals surface area (Å²) in [7, 11) is 0. The Morgan fingerprint density at radius 2 is 1.48 bits per heavy atom. The first kappa shape index (κ1) is 39.2. The summed E-state index contributed by atoms with van der Waals surface area (Å²) < 4.78 is 29.6. The first-order valence-corrected chi connectivity index (χ1v) is 17.0. The molecule has 268 valence electrons. The summed E-state index contributed by atoms with van der Waals surface area (Å²) in [5, 5.41) is 63.1. The summed E-state index contributed by atoms with van der Waals surface area (Å²) in [6.07, 6.45) is 3.20. The van der Waals surface area contributed by atoms with Crippen molar-refractivity contribution in [3.63, 3.8) is 0 Å². The smallest absolute Gasteiger partial charge is 0.220 e. The Balaban J connectivity index is 1.29. The molecule has 7 N–H and O–H groups in total. The summed E-state index contributed by atoms with van der Waals surface area (Å²) in [5.41, 5.74) is 1.24. The Bertz CT molecular complexity index is 1240. The van der Waals surface area contributed by atoms with Gasteiger partial charge in [-0.1, -0.05) is 64.0 Å². The van der Waals surface area contributed by atoms with Gasteiger partial charge in [0.1, 0.15) is 29.5 Å². The fourth-order valence-corrected chi connectivity index (χ4v) is 5.48. The maximum Gasteiger partial charge on any atom is 0.220 e. The van der Waals surface area contributed by atoms with Gasteiger partial charge in [0.2, 0.25) is 5.91 Å². The summed E-state index contributed by atoms with van der Waals surface area (Å²) in [6, 6.07) is 12.9. The third-order valence-electron chi connectivity index (χ3n) is 8.34. The molecule has 48 heavy (non-hydrogen) atoms. The second kappa shape index (κ2) is 21.0. The first-order chi connectivity index (χ1) is 23.1. The fraction of sp³-hybridized carbons (Fsp3) is 0.583. The van der Waals surface area contributed by atoms with Crippen LogP contribution in [0.25, 0.3) is 0 Å². The average Bonchev–Trinajstić information content (AvgIpc) is 3.08. The van der Waals surface area contributed by atoms with E-state index in [2.05, 4.69) is 17.4 Å². The van der Waals surface area contributed by atoms with Gasteiger partial charge in [0.15, 0.2) is 23.9 Å². The molecule has 3 rings (SSSR count). The number of hydrogen-bond acceptors (Lipinski definition) is 10. The van der Waals surface area contributed by atoms with Crippen LogP contribution in [0, 0.1) is 5.82 Å². The number of aryl methyl sites for hydroxylation is 1. The standard InChI is InChI=1S/C36H52FNO10/c1-2-11-29(40)32(42)28(23-46-36-35(45)34(44)33(43)30(22-39)48-36)38-31(41)13-10-8-6-4-3-5-7-9-12-24-14-18-26(19-15-24)47-27-20-16-25(37)17-21-27/h14-21,28-30,32,35-36,39-40,42-45H,2-13,22-23H2,1H3,(H,38,41)/t28-,29+,30?,32-,35?,36-/m0/s1. The van der Waals surface area contributed by atoms with Gasteiger partial charge in [0, 0.05) is 6.42 Å². The van der Waals surface area contributed by atoms with Crippen LogP contribution in [0.3, 0.4) is 0 Å². The number of ether oxygens (including phenoxy) is 3. The van der Waals surface area contributed by atoms with Gasteiger partial charge in [-0.15, -0.1) is 0 Å². The molecule has 0 spiro atoms. The highest BCUT2D eigenvalue weighted by Gasteiger charge is 2.39. The maximum atomic E-state index is 13.1. The molecule has 2 aromatic rings. The van der Waals surface area contributed by atoms with Gasteiger partial charge in [0.25, 0.3) is 0 Å². The van der Waals surface area contributed by atoms with Gasteiger partial charge in [0.05, 0.1) is 25.4 Å². The minimum Gasteiger partial charge on any atom is -0.506 e. The van der Waals surface area contributed by atoms with Crippen molar-refractivity contribution < 1.29 is 54.0 Å². The van der Waals surface area contributed by atoms with Crippen LogP contribution >= 0.6 is 0 Å². The van der Waals surface area contributed by atoms with Crippen molar-refractivity contribution in [3.05, 3.63) is 71.4 Å². The first-order valence-electron chi connectivity index (χ1n) is 17.0. The van der Waals surface area contributed by atoms with E-state index in [9.17, 15) is 39.8 Å². The van der Waals surface area contributed by atoms with Crippen LogP contribution in [0.4, 0.5) is 4.39 Å². The maximum absolute atomic E-state index is 13.1. The molecular weight excluding hydrogens is 625 g/mol. The molecule has 1 heterocycles. The monoisotopic (exact) mass is 677 g/mol. The molecule has 12 heteroatoms. The van der Waals surface area contributed by atoms with Crippen molar-refractivity contribution in [2.45, 2.75) is 121 Å². The topological polar surface area (TPSA) is 178 Å². The molecule has 2 aromatic carbocycles. The van der Waals surface area contributed by atoms with Crippen LogP contribution in [-0.2, 0) is 20.7 Å². The molecule has 2 unspecified atom stereocenters. The Labute approximate surface area is 282 Å². The lowest BCUT2D eigenvalue weighted by molar-refractivity contribution is -0.235. The van der Waals surface area contributed by atoms with E-state index in [1.165, 1.54) is 17.7 Å². The third kappa shape index (κ3) is 13.0. The molecule has 0 saturated carbocycles. The number of aliphatic hydroxyl groups is 6. The summed E-state index contributed by atoms with van der Waals surface area (Å²) in [6.45, 7) is 0.812. The van der Waals surface area contributed by atoms with E-state index < -0.39 is 54.9 Å². The van der Waals surface area contributed by atoms with Gasteiger partial charge in [-0.25, -0.2) is 4.39 Å². The van der Waals surface area contributed by atoms with E-state index in [0.717, 1.165) is 51.4 Å². The van der Waals surface area contributed by atoms with E-state index in [1.807, 2.05) is 19.1 Å². The van der Waals surface area contributed by atoms with Crippen molar-refractivity contribution in [3.8, 4) is 11.5 Å². The SMILES string of the molecule is CCC[C@@H](O)[C@@H](O)[C@H](CO[C@H]1OC(CO)C(O)=C(O)C1O)NC(=O)CCCCCCCCCCc1ccc(Oc2ccc(F)cc2)cc1. The van der Waals surface area contributed by atoms with E-state index in [0.29, 0.717) is 30.8 Å². The molecular formula is C36H52FNO10. The molecule has 1 amide bonds. The highest BCUT2D eigenvalue weighted by Crippen LogP contribution is 2.25. The normalized spacial score (nSPS) is 19.9. The molecule has 6 atom stereocenters. The molecule has 0 fully saturated rings. The number of unbranched alkanes of at least 4 members (excludes halogenated alkanes) is 7. The highest BCUT2D eigenvalue weighted by atomic mass is 19.1. The number of carbonyl (C=O) groups is 1. The number of rotatable bonds is 22. The average molecular weight is 678 g/mol. The Kier molecular flexibility index (Phi) is 17.1. The van der Waals surface area contributed by atoms with Crippen LogP contribution in [0.15, 0.2) is 60.0 Å². The number of amides is 1. The zero-order chi connectivity index (χ0) is 34.9. The lowest BCUT2D eigenvalue weighted by Gasteiger charge is -2.34.